The van der Waals surface area contributed by atoms with E-state index in [2.05, 4.69) is 5.73 Å². The molecule has 0 aromatic heterocycles. The summed E-state index contributed by atoms with van der Waals surface area (Å²) in [4.78, 5) is 24.5. The molecule has 0 fully saturated rings. The molecule has 1 heterocycles. The van der Waals surface area contributed by atoms with Crippen LogP contribution in [0.15, 0.2) is 72.0 Å². The fourth-order valence-corrected chi connectivity index (χ4v) is 3.93. The third kappa shape index (κ3) is 12.3. The van der Waals surface area contributed by atoms with Gasteiger partial charge in [0.2, 0.25) is 0 Å². The molecule has 2 aromatic carbocycles. The summed E-state index contributed by atoms with van der Waals surface area (Å²) in [5, 5.41) is 0. The Labute approximate surface area is 262 Å². The highest BCUT2D eigenvalue weighted by molar-refractivity contribution is 5.92. The zero-order chi connectivity index (χ0) is 31.4. The van der Waals surface area contributed by atoms with Gasteiger partial charge in [0.15, 0.2) is 23.0 Å². The number of para-hydroxylation sites is 2. The molecule has 4 rings (SSSR count). The molecule has 1 aliphatic carbocycles. The van der Waals surface area contributed by atoms with Crippen molar-refractivity contribution in [2.45, 2.75) is 0 Å². The van der Waals surface area contributed by atoms with Crippen molar-refractivity contribution >= 4 is 11.9 Å². The number of hydrogen-bond acceptors (Lipinski definition) is 12. The van der Waals surface area contributed by atoms with Gasteiger partial charge in [-0.2, -0.15) is 0 Å². The summed E-state index contributed by atoms with van der Waals surface area (Å²) >= 11 is 0. The first-order valence-electron chi connectivity index (χ1n) is 14.7. The molecular weight excluding hydrogens is 588 g/mol. The highest BCUT2D eigenvalue weighted by Gasteiger charge is 2.15. The molecule has 12 heteroatoms. The molecule has 1 aliphatic heterocycles. The van der Waals surface area contributed by atoms with Crippen LogP contribution in [0.5, 0.6) is 23.0 Å². The van der Waals surface area contributed by atoms with Crippen LogP contribution in [0.3, 0.4) is 0 Å². The van der Waals surface area contributed by atoms with Crippen LogP contribution in [0.2, 0.25) is 0 Å². The van der Waals surface area contributed by atoms with Gasteiger partial charge in [0, 0.05) is 0 Å². The Bertz CT molecular complexity index is 1310. The second kappa shape index (κ2) is 19.9. The molecule has 0 saturated heterocycles. The lowest BCUT2D eigenvalue weighted by Crippen LogP contribution is -2.16. The average Bonchev–Trinajstić information content (AvgIpc) is 3.61. The van der Waals surface area contributed by atoms with E-state index in [1.165, 1.54) is 6.07 Å². The van der Waals surface area contributed by atoms with Gasteiger partial charge in [0.25, 0.3) is 0 Å². The molecule has 0 spiro atoms. The lowest BCUT2D eigenvalue weighted by molar-refractivity contribution is -0.139. The molecule has 2 aliphatic rings. The minimum atomic E-state index is -0.600. The van der Waals surface area contributed by atoms with Crippen LogP contribution in [0, 0.1) is 0 Å². The number of fused-ring (bicyclic) bond motifs is 2. The van der Waals surface area contributed by atoms with Crippen molar-refractivity contribution < 1.29 is 57.0 Å². The van der Waals surface area contributed by atoms with Crippen molar-refractivity contribution in [3.05, 3.63) is 77.6 Å². The van der Waals surface area contributed by atoms with Crippen molar-refractivity contribution in [2.24, 2.45) is 0 Å². The van der Waals surface area contributed by atoms with Gasteiger partial charge < -0.3 is 47.4 Å². The van der Waals surface area contributed by atoms with E-state index in [4.69, 9.17) is 47.4 Å². The summed E-state index contributed by atoms with van der Waals surface area (Å²) in [5.41, 5.74) is 3.32. The van der Waals surface area contributed by atoms with Crippen LogP contribution < -0.4 is 18.9 Å². The van der Waals surface area contributed by atoms with E-state index in [1.807, 2.05) is 24.3 Å². The maximum atomic E-state index is 12.6. The van der Waals surface area contributed by atoms with Crippen LogP contribution >= 0.6 is 0 Å². The molecule has 0 N–H and O–H groups in total. The number of allylic oxidation sites excluding steroid dienone is 1. The van der Waals surface area contributed by atoms with E-state index in [0.717, 1.165) is 0 Å². The number of ether oxygens (including phenoxy) is 10. The first-order chi connectivity index (χ1) is 22.2. The van der Waals surface area contributed by atoms with Gasteiger partial charge in [0.1, 0.15) is 45.2 Å². The van der Waals surface area contributed by atoms with Crippen molar-refractivity contribution in [1.82, 2.24) is 0 Å². The maximum absolute atomic E-state index is 12.6. The molecule has 0 unspecified atom stereocenters. The Balaban J connectivity index is 1.25. The molecule has 242 valence electrons. The largest absolute Gasteiger partial charge is 0.487 e. The van der Waals surface area contributed by atoms with Gasteiger partial charge in [-0.25, -0.2) is 9.59 Å². The number of hydrogen-bond donors (Lipinski definition) is 0. The van der Waals surface area contributed by atoms with Crippen molar-refractivity contribution in [1.29, 1.82) is 0 Å². The summed E-state index contributed by atoms with van der Waals surface area (Å²) in [6, 6.07) is 12.2. The van der Waals surface area contributed by atoms with Crippen LogP contribution in [0.25, 0.3) is 0 Å². The molecular formula is C33H38O12. The topological polar surface area (TPSA) is 126 Å². The number of esters is 2. The van der Waals surface area contributed by atoms with Gasteiger partial charge in [0.05, 0.1) is 58.4 Å². The number of rotatable bonds is 5. The molecule has 0 amide bonds. The zero-order valence-corrected chi connectivity index (χ0v) is 25.1. The second-order valence-electron chi connectivity index (χ2n) is 9.31. The highest BCUT2D eigenvalue weighted by Crippen LogP contribution is 2.29. The fourth-order valence-electron chi connectivity index (χ4n) is 3.93. The quantitative estimate of drug-likeness (QED) is 0.275. The van der Waals surface area contributed by atoms with Crippen molar-refractivity contribution in [3.8, 4) is 23.0 Å². The summed E-state index contributed by atoms with van der Waals surface area (Å²) in [7, 11) is 0. The minimum absolute atomic E-state index is 0.0883. The van der Waals surface area contributed by atoms with E-state index >= 15 is 0 Å². The smallest absolute Gasteiger partial charge is 0.346 e. The summed E-state index contributed by atoms with van der Waals surface area (Å²) in [6.45, 7) is 3.90. The van der Waals surface area contributed by atoms with E-state index in [0.29, 0.717) is 88.0 Å². The molecule has 45 heavy (non-hydrogen) atoms. The minimum Gasteiger partial charge on any atom is -0.487 e. The predicted octanol–water partition coefficient (Wildman–Crippen LogP) is 3.33. The Morgan fingerprint density at radius 1 is 0.578 bits per heavy atom. The van der Waals surface area contributed by atoms with E-state index in [1.54, 1.807) is 30.4 Å². The molecule has 0 bridgehead atoms. The molecule has 0 saturated carbocycles. The number of carbonyl (C=O) groups is 2. The molecule has 12 nitrogen and oxygen atoms in total. The summed E-state index contributed by atoms with van der Waals surface area (Å²) in [5.74, 6) is 0.921. The Kier molecular flexibility index (Phi) is 14.8. The van der Waals surface area contributed by atoms with Crippen LogP contribution in [0.4, 0.5) is 0 Å². The SMILES string of the molecule is O=C(OCCOC(=O)c1ccc2c(c1)OCCOCCOCCOc1ccccc1OCCOCCOCCO2)C1=C=CC=C1. The Morgan fingerprint density at radius 2 is 1.04 bits per heavy atom. The van der Waals surface area contributed by atoms with Gasteiger partial charge in [-0.15, -0.1) is 5.73 Å². The molecule has 0 atom stereocenters. The highest BCUT2D eigenvalue weighted by atomic mass is 16.6. The van der Waals surface area contributed by atoms with Crippen LogP contribution in [0.1, 0.15) is 10.4 Å². The van der Waals surface area contributed by atoms with E-state index in [9.17, 15) is 9.59 Å². The van der Waals surface area contributed by atoms with Crippen molar-refractivity contribution in [3.63, 3.8) is 0 Å². The maximum Gasteiger partial charge on any atom is 0.346 e. The predicted molar refractivity (Wildman–Crippen MR) is 160 cm³/mol. The van der Waals surface area contributed by atoms with Gasteiger partial charge in [-0.05, 0) is 42.5 Å². The summed E-state index contributed by atoms with van der Waals surface area (Å²) < 4.78 is 56.1. The van der Waals surface area contributed by atoms with E-state index < -0.39 is 11.9 Å². The zero-order valence-electron chi connectivity index (χ0n) is 25.1. The second-order valence-corrected chi connectivity index (χ2v) is 9.31. The van der Waals surface area contributed by atoms with Crippen LogP contribution in [-0.2, 0) is 33.2 Å². The van der Waals surface area contributed by atoms with E-state index in [-0.39, 0.29) is 38.6 Å². The lowest BCUT2D eigenvalue weighted by atomic mass is 10.2. The standard InChI is InChI=1S/C33H38O12/c34-32(26-5-1-2-6-26)44-23-24-45-33(35)27-9-10-30-31(25-27)43-22-18-39-14-13-37-16-20-41-29-8-4-3-7-28(29)40-19-15-36-11-12-38-17-21-42-30/h1-5,7-10,25H,11-24H2. The van der Waals surface area contributed by atoms with Gasteiger partial charge >= 0.3 is 11.9 Å². The van der Waals surface area contributed by atoms with Crippen molar-refractivity contribution in [2.75, 3.05) is 92.5 Å². The van der Waals surface area contributed by atoms with Gasteiger partial charge in [-0.1, -0.05) is 18.2 Å². The first-order valence-corrected chi connectivity index (χ1v) is 14.7. The first kappa shape index (κ1) is 33.6. The van der Waals surface area contributed by atoms with Gasteiger partial charge in [-0.3, -0.25) is 0 Å². The summed E-state index contributed by atoms with van der Waals surface area (Å²) in [6.07, 6.45) is 4.89. The fraction of sp³-hybridized carbons (Fsp3) is 0.424. The lowest BCUT2D eigenvalue weighted by Gasteiger charge is -2.15. The number of carbonyl (C=O) groups excluding carboxylic acids is 2. The Morgan fingerprint density at radius 3 is 1.56 bits per heavy atom. The third-order valence-electron chi connectivity index (χ3n) is 6.08. The average molecular weight is 627 g/mol. The molecule has 2 aromatic rings. The normalized spacial score (nSPS) is 17.0. The Hall–Kier alpha value is -4.32. The number of benzene rings is 2. The third-order valence-corrected chi connectivity index (χ3v) is 6.08. The monoisotopic (exact) mass is 626 g/mol. The van der Waals surface area contributed by atoms with Crippen LogP contribution in [-0.4, -0.2) is 104 Å². The molecule has 0 radical (unpaired) electrons.